The van der Waals surface area contributed by atoms with Crippen LogP contribution in [0.2, 0.25) is 0 Å². The predicted molar refractivity (Wildman–Crippen MR) is 65.3 cm³/mol. The van der Waals surface area contributed by atoms with E-state index >= 15 is 0 Å². The SMILES string of the molecule is CCCNc1snnc1Cn1ncn(C)c1=O. The van der Waals surface area contributed by atoms with Crippen LogP contribution in [0.15, 0.2) is 11.1 Å². The second-order valence-electron chi connectivity index (χ2n) is 3.66. The van der Waals surface area contributed by atoms with Crippen LogP contribution in [0.3, 0.4) is 0 Å². The monoisotopic (exact) mass is 254 g/mol. The molecule has 0 fully saturated rings. The van der Waals surface area contributed by atoms with Crippen molar-refractivity contribution in [1.29, 1.82) is 0 Å². The minimum Gasteiger partial charge on any atom is -0.374 e. The fourth-order valence-corrected chi connectivity index (χ4v) is 1.95. The Balaban J connectivity index is 2.16. The van der Waals surface area contributed by atoms with Crippen molar-refractivity contribution in [1.82, 2.24) is 23.9 Å². The summed E-state index contributed by atoms with van der Waals surface area (Å²) in [6.45, 7) is 3.31. The maximum absolute atomic E-state index is 11.6. The van der Waals surface area contributed by atoms with Crippen molar-refractivity contribution in [3.63, 3.8) is 0 Å². The van der Waals surface area contributed by atoms with Gasteiger partial charge < -0.3 is 5.32 Å². The van der Waals surface area contributed by atoms with Crippen molar-refractivity contribution in [2.45, 2.75) is 19.9 Å². The summed E-state index contributed by atoms with van der Waals surface area (Å²) in [5.41, 5.74) is 0.601. The normalized spacial score (nSPS) is 10.7. The molecular formula is C9H14N6OS. The first-order valence-corrected chi connectivity index (χ1v) is 6.13. The molecule has 0 atom stereocenters. The minimum atomic E-state index is -0.153. The van der Waals surface area contributed by atoms with E-state index in [0.717, 1.165) is 23.7 Å². The van der Waals surface area contributed by atoms with E-state index < -0.39 is 0 Å². The minimum absolute atomic E-state index is 0.153. The number of nitrogens with one attached hydrogen (secondary N) is 1. The van der Waals surface area contributed by atoms with Gasteiger partial charge in [0.15, 0.2) is 0 Å². The Bertz CT molecular complexity index is 542. The van der Waals surface area contributed by atoms with Crippen molar-refractivity contribution >= 4 is 16.5 Å². The number of aryl methyl sites for hydroxylation is 1. The maximum atomic E-state index is 11.6. The Morgan fingerprint density at radius 2 is 2.35 bits per heavy atom. The topological polar surface area (TPSA) is 77.6 Å². The summed E-state index contributed by atoms with van der Waals surface area (Å²) in [6.07, 6.45) is 2.52. The van der Waals surface area contributed by atoms with Crippen molar-refractivity contribution in [3.05, 3.63) is 22.5 Å². The van der Waals surface area contributed by atoms with Crippen LogP contribution in [-0.2, 0) is 13.6 Å². The highest BCUT2D eigenvalue weighted by Gasteiger charge is 2.10. The van der Waals surface area contributed by atoms with E-state index in [9.17, 15) is 4.79 Å². The highest BCUT2D eigenvalue weighted by atomic mass is 32.1. The van der Waals surface area contributed by atoms with Gasteiger partial charge in [-0.3, -0.25) is 4.57 Å². The van der Waals surface area contributed by atoms with Gasteiger partial charge in [-0.25, -0.2) is 9.48 Å². The predicted octanol–water partition coefficient (Wildman–Crippen LogP) is 0.304. The standard InChI is InChI=1S/C9H14N6OS/c1-3-4-10-8-7(12-13-17-8)5-15-9(16)14(2)6-11-15/h6,10H,3-5H2,1-2H3. The molecular weight excluding hydrogens is 240 g/mol. The van der Waals surface area contributed by atoms with Crippen LogP contribution in [0.4, 0.5) is 5.00 Å². The summed E-state index contributed by atoms with van der Waals surface area (Å²) >= 11 is 1.30. The molecule has 0 aliphatic rings. The van der Waals surface area contributed by atoms with E-state index in [-0.39, 0.29) is 5.69 Å². The van der Waals surface area contributed by atoms with Crippen LogP contribution >= 0.6 is 11.5 Å². The molecule has 92 valence electrons. The van der Waals surface area contributed by atoms with Gasteiger partial charge in [0.05, 0.1) is 6.54 Å². The van der Waals surface area contributed by atoms with Gasteiger partial charge in [0.2, 0.25) is 0 Å². The second-order valence-corrected chi connectivity index (χ2v) is 4.41. The molecule has 0 saturated heterocycles. The zero-order valence-electron chi connectivity index (χ0n) is 9.75. The number of hydrogen-bond acceptors (Lipinski definition) is 6. The summed E-state index contributed by atoms with van der Waals surface area (Å²) in [6, 6.07) is 0. The molecule has 2 rings (SSSR count). The van der Waals surface area contributed by atoms with Crippen LogP contribution in [0.1, 0.15) is 19.0 Å². The number of nitrogens with zero attached hydrogens (tertiary/aromatic N) is 5. The maximum Gasteiger partial charge on any atom is 0.345 e. The first kappa shape index (κ1) is 11.8. The fraction of sp³-hybridized carbons (Fsp3) is 0.556. The number of rotatable bonds is 5. The first-order chi connectivity index (χ1) is 8.22. The number of hydrogen-bond donors (Lipinski definition) is 1. The molecule has 0 bridgehead atoms. The summed E-state index contributed by atoms with van der Waals surface area (Å²) in [7, 11) is 1.67. The zero-order chi connectivity index (χ0) is 12.3. The molecule has 1 N–H and O–H groups in total. The Labute approximate surface area is 102 Å². The quantitative estimate of drug-likeness (QED) is 0.830. The highest BCUT2D eigenvalue weighted by Crippen LogP contribution is 2.17. The van der Waals surface area contributed by atoms with Crippen LogP contribution in [-0.4, -0.2) is 30.5 Å². The molecule has 0 aromatic carbocycles. The average molecular weight is 254 g/mol. The van der Waals surface area contributed by atoms with Crippen LogP contribution in [0, 0.1) is 0 Å². The fourth-order valence-electron chi connectivity index (χ4n) is 1.36. The van der Waals surface area contributed by atoms with E-state index in [1.807, 2.05) is 0 Å². The van der Waals surface area contributed by atoms with E-state index in [1.165, 1.54) is 27.1 Å². The molecule has 0 aliphatic heterocycles. The summed E-state index contributed by atoms with van der Waals surface area (Å²) in [4.78, 5) is 11.6. The molecule has 0 unspecified atom stereocenters. The van der Waals surface area contributed by atoms with Gasteiger partial charge in [-0.05, 0) is 6.42 Å². The Morgan fingerprint density at radius 1 is 1.53 bits per heavy atom. The Kier molecular flexibility index (Phi) is 3.52. The van der Waals surface area contributed by atoms with E-state index in [2.05, 4.69) is 26.9 Å². The van der Waals surface area contributed by atoms with Crippen LogP contribution < -0.4 is 11.0 Å². The van der Waals surface area contributed by atoms with Gasteiger partial charge >= 0.3 is 5.69 Å². The third-order valence-corrected chi connectivity index (χ3v) is 3.00. The molecule has 2 aromatic heterocycles. The van der Waals surface area contributed by atoms with Gasteiger partial charge in [-0.1, -0.05) is 11.4 Å². The van der Waals surface area contributed by atoms with Gasteiger partial charge in [0, 0.05) is 25.1 Å². The van der Waals surface area contributed by atoms with Crippen molar-refractivity contribution in [2.24, 2.45) is 7.05 Å². The molecule has 2 aromatic rings. The van der Waals surface area contributed by atoms with Gasteiger partial charge in [0.25, 0.3) is 0 Å². The number of anilines is 1. The molecule has 0 aliphatic carbocycles. The lowest BCUT2D eigenvalue weighted by Crippen LogP contribution is -2.24. The molecule has 0 saturated carbocycles. The van der Waals surface area contributed by atoms with Gasteiger partial charge in [0.1, 0.15) is 17.0 Å². The second kappa shape index (κ2) is 5.09. The third kappa shape index (κ3) is 2.52. The number of aromatic nitrogens is 5. The molecule has 2 heterocycles. The van der Waals surface area contributed by atoms with Crippen LogP contribution in [0.5, 0.6) is 0 Å². The summed E-state index contributed by atoms with van der Waals surface area (Å²) < 4.78 is 6.69. The molecule has 0 radical (unpaired) electrons. The molecule has 0 amide bonds. The first-order valence-electron chi connectivity index (χ1n) is 5.36. The molecule has 8 heteroatoms. The zero-order valence-corrected chi connectivity index (χ0v) is 10.6. The largest absolute Gasteiger partial charge is 0.374 e. The average Bonchev–Trinajstić information content (AvgIpc) is 2.89. The van der Waals surface area contributed by atoms with E-state index in [1.54, 1.807) is 7.05 Å². The third-order valence-electron chi connectivity index (χ3n) is 2.28. The van der Waals surface area contributed by atoms with Crippen molar-refractivity contribution < 1.29 is 0 Å². The molecule has 17 heavy (non-hydrogen) atoms. The van der Waals surface area contributed by atoms with Gasteiger partial charge in [-0.2, -0.15) is 5.10 Å². The van der Waals surface area contributed by atoms with E-state index in [0.29, 0.717) is 6.54 Å². The summed E-state index contributed by atoms with van der Waals surface area (Å²) in [5, 5.41) is 12.1. The Morgan fingerprint density at radius 3 is 3.00 bits per heavy atom. The van der Waals surface area contributed by atoms with Gasteiger partial charge in [-0.15, -0.1) is 5.10 Å². The lowest BCUT2D eigenvalue weighted by atomic mass is 10.4. The Hall–Kier alpha value is -1.70. The van der Waals surface area contributed by atoms with Crippen LogP contribution in [0.25, 0.3) is 0 Å². The highest BCUT2D eigenvalue weighted by molar-refractivity contribution is 7.10. The lowest BCUT2D eigenvalue weighted by molar-refractivity contribution is 0.634. The van der Waals surface area contributed by atoms with Crippen molar-refractivity contribution in [2.75, 3.05) is 11.9 Å². The van der Waals surface area contributed by atoms with E-state index in [4.69, 9.17) is 0 Å². The molecule has 0 spiro atoms. The van der Waals surface area contributed by atoms with Crippen molar-refractivity contribution in [3.8, 4) is 0 Å². The summed E-state index contributed by atoms with van der Waals surface area (Å²) in [5.74, 6) is 0. The smallest absolute Gasteiger partial charge is 0.345 e. The molecule has 7 nitrogen and oxygen atoms in total. The lowest BCUT2D eigenvalue weighted by Gasteiger charge is -2.02.